The molecule has 0 bridgehead atoms. The number of rotatable bonds is 2. The van der Waals surface area contributed by atoms with Crippen molar-refractivity contribution in [2.24, 2.45) is 5.73 Å². The number of hydrogen-bond acceptors (Lipinski definition) is 4. The number of fused-ring (bicyclic) bond motifs is 2. The largest absolute Gasteiger partial charge is 0.454 e. The Morgan fingerprint density at radius 1 is 1.04 bits per heavy atom. The number of halogens is 3. The van der Waals surface area contributed by atoms with Crippen molar-refractivity contribution in [3.05, 3.63) is 64.5 Å². The van der Waals surface area contributed by atoms with Gasteiger partial charge in [-0.1, -0.05) is 0 Å². The molecule has 1 aliphatic rings. The van der Waals surface area contributed by atoms with E-state index >= 15 is 0 Å². The number of carbonyl (C=O) groups is 1. The number of ether oxygens (including phenoxy) is 1. The van der Waals surface area contributed by atoms with E-state index in [-0.39, 0.29) is 22.7 Å². The third kappa shape index (κ3) is 3.29. The van der Waals surface area contributed by atoms with Gasteiger partial charge in [0.15, 0.2) is 5.75 Å². The Hall–Kier alpha value is -2.84. The summed E-state index contributed by atoms with van der Waals surface area (Å²) in [5.74, 6) is -0.0877. The predicted molar refractivity (Wildman–Crippen MR) is 97.1 cm³/mol. The topological polar surface area (TPSA) is 64.4 Å². The molecule has 0 aliphatic carbocycles. The van der Waals surface area contributed by atoms with Crippen LogP contribution >= 0.6 is 11.3 Å². The van der Waals surface area contributed by atoms with Crippen molar-refractivity contribution in [1.82, 2.24) is 0 Å². The molecule has 2 heterocycles. The molecule has 0 unspecified atom stereocenters. The van der Waals surface area contributed by atoms with Crippen molar-refractivity contribution in [2.45, 2.75) is 12.7 Å². The van der Waals surface area contributed by atoms with Gasteiger partial charge in [0.2, 0.25) is 0 Å². The van der Waals surface area contributed by atoms with Crippen molar-refractivity contribution in [2.75, 3.05) is 5.32 Å². The van der Waals surface area contributed by atoms with Gasteiger partial charge in [0.1, 0.15) is 5.75 Å². The zero-order valence-corrected chi connectivity index (χ0v) is 14.6. The molecule has 4 nitrogen and oxygen atoms in total. The molecule has 3 N–H and O–H groups in total. The van der Waals surface area contributed by atoms with Crippen LogP contribution in [0.25, 0.3) is 10.4 Å². The van der Waals surface area contributed by atoms with E-state index in [9.17, 15) is 18.0 Å². The van der Waals surface area contributed by atoms with Gasteiger partial charge in [-0.2, -0.15) is 13.2 Å². The van der Waals surface area contributed by atoms with Gasteiger partial charge >= 0.3 is 6.18 Å². The second-order valence-corrected chi connectivity index (χ2v) is 7.11. The minimum absolute atomic E-state index is 0.0193. The van der Waals surface area contributed by atoms with Gasteiger partial charge in [-0.15, -0.1) is 11.3 Å². The van der Waals surface area contributed by atoms with Gasteiger partial charge < -0.3 is 15.8 Å². The van der Waals surface area contributed by atoms with Gasteiger partial charge in [0.05, 0.1) is 16.8 Å². The van der Waals surface area contributed by atoms with Crippen molar-refractivity contribution in [3.8, 4) is 21.9 Å². The Labute approximate surface area is 156 Å². The third-order valence-corrected chi connectivity index (χ3v) is 5.30. The summed E-state index contributed by atoms with van der Waals surface area (Å²) >= 11 is 1.51. The molecule has 27 heavy (non-hydrogen) atoms. The first-order chi connectivity index (χ1) is 12.8. The first kappa shape index (κ1) is 17.6. The molecule has 138 valence electrons. The fraction of sp³-hybridized carbons (Fsp3) is 0.105. The average Bonchev–Trinajstić information content (AvgIpc) is 3.06. The van der Waals surface area contributed by atoms with Crippen LogP contribution in [-0.2, 0) is 12.7 Å². The molecule has 8 heteroatoms. The summed E-state index contributed by atoms with van der Waals surface area (Å²) in [7, 11) is 0. The van der Waals surface area contributed by atoms with E-state index < -0.39 is 17.6 Å². The van der Waals surface area contributed by atoms with Crippen LogP contribution in [0, 0.1) is 0 Å². The maximum absolute atomic E-state index is 12.9. The summed E-state index contributed by atoms with van der Waals surface area (Å²) in [6, 6.07) is 11.9. The maximum atomic E-state index is 12.9. The standard InChI is InChI=1S/C19H13F3N2O2S/c20-19(21,22)11-2-5-16-14(8-11)24-18(25)13-7-10(1-4-15(13)26-16)17-6-3-12(9-23)27-17/h1-8H,9,23H2,(H,24,25). The van der Waals surface area contributed by atoms with Crippen LogP contribution in [-0.4, -0.2) is 5.91 Å². The molecule has 0 saturated carbocycles. The number of anilines is 1. The quantitative estimate of drug-likeness (QED) is 0.628. The Kier molecular flexibility index (Phi) is 4.16. The number of nitrogens with one attached hydrogen (secondary N) is 1. The molecule has 0 atom stereocenters. The summed E-state index contributed by atoms with van der Waals surface area (Å²) in [6.07, 6.45) is -4.51. The molecule has 1 aromatic heterocycles. The van der Waals surface area contributed by atoms with Crippen molar-refractivity contribution in [3.63, 3.8) is 0 Å². The van der Waals surface area contributed by atoms with E-state index in [4.69, 9.17) is 10.5 Å². The summed E-state index contributed by atoms with van der Waals surface area (Å²) in [6.45, 7) is 0.427. The van der Waals surface area contributed by atoms with E-state index in [1.54, 1.807) is 18.2 Å². The molecule has 0 fully saturated rings. The molecule has 4 rings (SSSR count). The van der Waals surface area contributed by atoms with Crippen LogP contribution in [0.5, 0.6) is 11.5 Å². The second kappa shape index (κ2) is 6.40. The molecule has 0 spiro atoms. The lowest BCUT2D eigenvalue weighted by Crippen LogP contribution is -2.12. The molecular formula is C19H13F3N2O2S. The number of thiophene rings is 1. The van der Waals surface area contributed by atoms with Gasteiger partial charge in [-0.05, 0) is 54.1 Å². The number of benzene rings is 2. The lowest BCUT2D eigenvalue weighted by Gasteiger charge is -2.11. The number of amides is 1. The first-order valence-corrected chi connectivity index (χ1v) is 8.80. The number of hydrogen-bond donors (Lipinski definition) is 2. The fourth-order valence-corrected chi connectivity index (χ4v) is 3.68. The molecule has 2 aromatic carbocycles. The summed E-state index contributed by atoms with van der Waals surface area (Å²) in [5, 5.41) is 2.51. The van der Waals surface area contributed by atoms with Gasteiger partial charge in [0, 0.05) is 16.3 Å². The van der Waals surface area contributed by atoms with Crippen molar-refractivity contribution < 1.29 is 22.7 Å². The highest BCUT2D eigenvalue weighted by atomic mass is 32.1. The number of carbonyl (C=O) groups excluding carboxylic acids is 1. The molecule has 1 aliphatic heterocycles. The predicted octanol–water partition coefficient (Wildman–Crippen LogP) is 5.25. The normalized spacial score (nSPS) is 13.3. The lowest BCUT2D eigenvalue weighted by molar-refractivity contribution is -0.137. The van der Waals surface area contributed by atoms with Crippen LogP contribution in [0.15, 0.2) is 48.5 Å². The van der Waals surface area contributed by atoms with Gasteiger partial charge in [-0.25, -0.2) is 0 Å². The summed E-state index contributed by atoms with van der Waals surface area (Å²) < 4.78 is 44.5. The van der Waals surface area contributed by atoms with Crippen LogP contribution in [0.4, 0.5) is 18.9 Å². The number of nitrogens with two attached hydrogens (primary N) is 1. The van der Waals surface area contributed by atoms with Crippen LogP contribution < -0.4 is 15.8 Å². The van der Waals surface area contributed by atoms with Crippen molar-refractivity contribution in [1.29, 1.82) is 0 Å². The highest BCUT2D eigenvalue weighted by molar-refractivity contribution is 7.15. The van der Waals surface area contributed by atoms with E-state index in [0.717, 1.165) is 27.5 Å². The third-order valence-electron chi connectivity index (χ3n) is 4.15. The van der Waals surface area contributed by atoms with Gasteiger partial charge in [-0.3, -0.25) is 4.79 Å². The number of alkyl halides is 3. The zero-order chi connectivity index (χ0) is 19.2. The highest BCUT2D eigenvalue weighted by Crippen LogP contribution is 2.41. The first-order valence-electron chi connectivity index (χ1n) is 7.99. The molecule has 3 aromatic rings. The molecule has 0 saturated heterocycles. The van der Waals surface area contributed by atoms with Crippen LogP contribution in [0.1, 0.15) is 20.8 Å². The fourth-order valence-electron chi connectivity index (χ4n) is 2.79. The van der Waals surface area contributed by atoms with Crippen LogP contribution in [0.3, 0.4) is 0 Å². The van der Waals surface area contributed by atoms with E-state index in [0.29, 0.717) is 6.54 Å². The second-order valence-electron chi connectivity index (χ2n) is 5.95. The van der Waals surface area contributed by atoms with E-state index in [1.807, 2.05) is 12.1 Å². The molecular weight excluding hydrogens is 377 g/mol. The van der Waals surface area contributed by atoms with Crippen LogP contribution in [0.2, 0.25) is 0 Å². The average molecular weight is 390 g/mol. The Bertz CT molecular complexity index is 1040. The Morgan fingerprint density at radius 2 is 1.81 bits per heavy atom. The molecule has 0 radical (unpaired) electrons. The minimum Gasteiger partial charge on any atom is -0.454 e. The monoisotopic (exact) mass is 390 g/mol. The summed E-state index contributed by atoms with van der Waals surface area (Å²) in [5.41, 5.74) is 5.81. The Morgan fingerprint density at radius 3 is 2.52 bits per heavy atom. The van der Waals surface area contributed by atoms with Gasteiger partial charge in [0.25, 0.3) is 5.91 Å². The highest BCUT2D eigenvalue weighted by Gasteiger charge is 2.32. The Balaban J connectivity index is 1.73. The summed E-state index contributed by atoms with van der Waals surface area (Å²) in [4.78, 5) is 14.5. The minimum atomic E-state index is -4.51. The lowest BCUT2D eigenvalue weighted by atomic mass is 10.1. The maximum Gasteiger partial charge on any atom is 0.416 e. The van der Waals surface area contributed by atoms with E-state index in [1.165, 1.54) is 17.4 Å². The van der Waals surface area contributed by atoms with E-state index in [2.05, 4.69) is 5.32 Å². The molecule has 1 amide bonds. The zero-order valence-electron chi connectivity index (χ0n) is 13.8. The SMILES string of the molecule is NCc1ccc(-c2ccc3c(c2)C(=O)Nc2cc(C(F)(F)F)ccc2O3)s1. The smallest absolute Gasteiger partial charge is 0.416 e. The van der Waals surface area contributed by atoms with Crippen molar-refractivity contribution >= 4 is 22.9 Å².